The average molecular weight is 343 g/mol. The van der Waals surface area contributed by atoms with Crippen LogP contribution in [0.25, 0.3) is 0 Å². The Bertz CT molecular complexity index is 662. The number of allylic oxidation sites excluding steroid dienone is 1. The van der Waals surface area contributed by atoms with Crippen LogP contribution >= 0.6 is 0 Å². The minimum Gasteiger partial charge on any atom is -0.462 e. The highest BCUT2D eigenvalue weighted by Crippen LogP contribution is 2.40. The van der Waals surface area contributed by atoms with Crippen molar-refractivity contribution in [3.8, 4) is 0 Å². The normalized spacial score (nSPS) is 16.5. The van der Waals surface area contributed by atoms with E-state index in [2.05, 4.69) is 5.32 Å². The van der Waals surface area contributed by atoms with Crippen molar-refractivity contribution < 1.29 is 19.1 Å². The van der Waals surface area contributed by atoms with Crippen LogP contribution in [0.5, 0.6) is 0 Å². The molecule has 134 valence electrons. The molecule has 1 fully saturated rings. The molecular weight excluding hydrogens is 318 g/mol. The van der Waals surface area contributed by atoms with Crippen LogP contribution in [-0.4, -0.2) is 24.1 Å². The lowest BCUT2D eigenvalue weighted by atomic mass is 9.68. The molecule has 1 N–H and O–H groups in total. The molecule has 1 saturated carbocycles. The first-order valence-corrected chi connectivity index (χ1v) is 8.75. The highest BCUT2D eigenvalue weighted by molar-refractivity contribution is 6.22. The Morgan fingerprint density at radius 1 is 1.08 bits per heavy atom. The zero-order valence-corrected chi connectivity index (χ0v) is 15.1. The molecule has 0 amide bonds. The summed E-state index contributed by atoms with van der Waals surface area (Å²) in [5, 5.41) is 2.98. The minimum absolute atomic E-state index is 0.101. The van der Waals surface area contributed by atoms with Gasteiger partial charge in [-0.1, -0.05) is 13.8 Å². The van der Waals surface area contributed by atoms with Gasteiger partial charge >= 0.3 is 5.97 Å². The van der Waals surface area contributed by atoms with E-state index >= 15 is 0 Å². The monoisotopic (exact) mass is 343 g/mol. The van der Waals surface area contributed by atoms with Gasteiger partial charge in [-0.05, 0) is 49.4 Å². The van der Waals surface area contributed by atoms with Crippen molar-refractivity contribution in [2.24, 2.45) is 5.41 Å². The fourth-order valence-corrected chi connectivity index (χ4v) is 3.07. The third kappa shape index (κ3) is 4.35. The summed E-state index contributed by atoms with van der Waals surface area (Å²) in [5.74, 6) is -0.577. The lowest BCUT2D eigenvalue weighted by molar-refractivity contribution is -0.128. The lowest BCUT2D eigenvalue weighted by Crippen LogP contribution is -2.35. The molecule has 5 heteroatoms. The summed E-state index contributed by atoms with van der Waals surface area (Å²) >= 11 is 0. The van der Waals surface area contributed by atoms with Gasteiger partial charge in [0.05, 0.1) is 17.7 Å². The van der Waals surface area contributed by atoms with Crippen LogP contribution < -0.4 is 5.32 Å². The van der Waals surface area contributed by atoms with Crippen molar-refractivity contribution in [1.82, 2.24) is 0 Å². The third-order valence-corrected chi connectivity index (χ3v) is 4.95. The van der Waals surface area contributed by atoms with Crippen LogP contribution in [0.2, 0.25) is 0 Å². The first-order chi connectivity index (χ1) is 11.9. The number of ketones is 2. The maximum atomic E-state index is 12.4. The first kappa shape index (κ1) is 18.9. The van der Waals surface area contributed by atoms with E-state index in [9.17, 15) is 14.4 Å². The second-order valence-electron chi connectivity index (χ2n) is 6.41. The maximum Gasteiger partial charge on any atom is 0.338 e. The molecule has 0 aromatic heterocycles. The van der Waals surface area contributed by atoms with E-state index in [4.69, 9.17) is 4.74 Å². The number of carbonyl (C=O) groups excluding carboxylic acids is 3. The van der Waals surface area contributed by atoms with Gasteiger partial charge in [0.2, 0.25) is 0 Å². The van der Waals surface area contributed by atoms with Crippen molar-refractivity contribution in [2.45, 2.75) is 46.5 Å². The summed E-state index contributed by atoms with van der Waals surface area (Å²) in [4.78, 5) is 36.4. The minimum atomic E-state index is -0.375. The Labute approximate surface area is 148 Å². The molecule has 0 atom stereocenters. The van der Waals surface area contributed by atoms with Gasteiger partial charge in [0.15, 0.2) is 11.6 Å². The largest absolute Gasteiger partial charge is 0.462 e. The third-order valence-electron chi connectivity index (χ3n) is 4.95. The molecule has 1 aromatic rings. The number of nitrogens with one attached hydrogen (secondary N) is 1. The Morgan fingerprint density at radius 3 is 2.12 bits per heavy atom. The molecule has 1 aliphatic carbocycles. The van der Waals surface area contributed by atoms with Gasteiger partial charge in [0.1, 0.15) is 0 Å². The van der Waals surface area contributed by atoms with E-state index in [1.807, 2.05) is 13.8 Å². The van der Waals surface area contributed by atoms with Gasteiger partial charge in [-0.3, -0.25) is 9.59 Å². The highest BCUT2D eigenvalue weighted by atomic mass is 16.5. The van der Waals surface area contributed by atoms with Crippen molar-refractivity contribution in [3.63, 3.8) is 0 Å². The number of benzene rings is 1. The first-order valence-electron chi connectivity index (χ1n) is 8.75. The van der Waals surface area contributed by atoms with E-state index in [0.29, 0.717) is 30.7 Å². The molecule has 0 unspecified atom stereocenters. The van der Waals surface area contributed by atoms with Crippen molar-refractivity contribution >= 4 is 23.2 Å². The van der Waals surface area contributed by atoms with Gasteiger partial charge in [-0.2, -0.15) is 0 Å². The van der Waals surface area contributed by atoms with Gasteiger partial charge in [0, 0.05) is 24.7 Å². The fourth-order valence-electron chi connectivity index (χ4n) is 3.07. The number of esters is 1. The number of rotatable bonds is 6. The molecule has 0 aliphatic heterocycles. The van der Waals surface area contributed by atoms with Crippen molar-refractivity contribution in [1.29, 1.82) is 0 Å². The summed E-state index contributed by atoms with van der Waals surface area (Å²) < 4.78 is 4.93. The number of anilines is 1. The Morgan fingerprint density at radius 2 is 1.64 bits per heavy atom. The van der Waals surface area contributed by atoms with Crippen LogP contribution in [0.1, 0.15) is 56.8 Å². The van der Waals surface area contributed by atoms with E-state index in [0.717, 1.165) is 12.8 Å². The van der Waals surface area contributed by atoms with Crippen molar-refractivity contribution in [3.05, 3.63) is 41.6 Å². The fraction of sp³-hybridized carbons (Fsp3) is 0.450. The van der Waals surface area contributed by atoms with E-state index in [-0.39, 0.29) is 28.5 Å². The van der Waals surface area contributed by atoms with Gasteiger partial charge < -0.3 is 10.1 Å². The number of Topliss-reactive ketones (excluding diaryl/α,β-unsaturated/α-hetero) is 2. The molecule has 5 nitrogen and oxygen atoms in total. The van der Waals surface area contributed by atoms with Gasteiger partial charge in [-0.15, -0.1) is 0 Å². The number of carbonyl (C=O) groups is 3. The maximum absolute atomic E-state index is 12.4. The molecule has 2 rings (SSSR count). The SMILES string of the molecule is CCOC(=O)c1ccc(NC=C2C(=O)CC(CC)(CC)CC2=O)cc1. The standard InChI is InChI=1S/C20H25NO4/c1-4-20(5-2)11-17(22)16(18(23)12-20)13-21-15-9-7-14(8-10-15)19(24)25-6-3/h7-10,13,21H,4-6,11-12H2,1-3H3. The smallest absolute Gasteiger partial charge is 0.338 e. The lowest BCUT2D eigenvalue weighted by Gasteiger charge is -2.34. The molecular formula is C20H25NO4. The molecule has 0 spiro atoms. The Hall–Kier alpha value is -2.43. The molecule has 1 aromatic carbocycles. The van der Waals surface area contributed by atoms with Crippen LogP contribution in [0.3, 0.4) is 0 Å². The summed E-state index contributed by atoms with van der Waals surface area (Å²) in [6.45, 7) is 6.14. The van der Waals surface area contributed by atoms with Crippen molar-refractivity contribution in [2.75, 3.05) is 11.9 Å². The summed E-state index contributed by atoms with van der Waals surface area (Å²) in [6, 6.07) is 6.71. The summed E-state index contributed by atoms with van der Waals surface area (Å²) in [6.07, 6.45) is 3.98. The molecule has 0 saturated heterocycles. The number of hydrogen-bond donors (Lipinski definition) is 1. The van der Waals surface area contributed by atoms with Crippen LogP contribution in [-0.2, 0) is 14.3 Å². The summed E-state index contributed by atoms with van der Waals surface area (Å²) in [7, 11) is 0. The van der Waals surface area contributed by atoms with Crippen LogP contribution in [0.4, 0.5) is 5.69 Å². The van der Waals surface area contributed by atoms with Crippen LogP contribution in [0.15, 0.2) is 36.0 Å². The van der Waals surface area contributed by atoms with E-state index in [1.54, 1.807) is 31.2 Å². The predicted octanol–water partition coefficient (Wildman–Crippen LogP) is 3.90. The molecule has 0 heterocycles. The molecule has 0 bridgehead atoms. The Kier molecular flexibility index (Phi) is 6.12. The topological polar surface area (TPSA) is 72.5 Å². The molecule has 1 aliphatic rings. The summed E-state index contributed by atoms with van der Waals surface area (Å²) in [5.41, 5.74) is 1.20. The van der Waals surface area contributed by atoms with E-state index < -0.39 is 0 Å². The average Bonchev–Trinajstić information content (AvgIpc) is 2.61. The van der Waals surface area contributed by atoms with E-state index in [1.165, 1.54) is 6.20 Å². The second-order valence-corrected chi connectivity index (χ2v) is 6.41. The zero-order valence-electron chi connectivity index (χ0n) is 15.1. The second kappa shape index (κ2) is 8.10. The Balaban J connectivity index is 2.08. The molecule has 25 heavy (non-hydrogen) atoms. The van der Waals surface area contributed by atoms with Gasteiger partial charge in [0.25, 0.3) is 0 Å². The number of hydrogen-bond acceptors (Lipinski definition) is 5. The molecule has 0 radical (unpaired) electrons. The quantitative estimate of drug-likeness (QED) is 0.482. The highest BCUT2D eigenvalue weighted by Gasteiger charge is 2.39. The van der Waals surface area contributed by atoms with Gasteiger partial charge in [-0.25, -0.2) is 4.79 Å². The number of ether oxygens (including phenoxy) is 1. The van der Waals surface area contributed by atoms with Crippen LogP contribution in [0, 0.1) is 5.41 Å². The predicted molar refractivity (Wildman–Crippen MR) is 96.4 cm³/mol. The zero-order chi connectivity index (χ0) is 18.4.